The van der Waals surface area contributed by atoms with Gasteiger partial charge in [0.1, 0.15) is 4.21 Å². The lowest BCUT2D eigenvalue weighted by Gasteiger charge is -2.07. The first-order valence-corrected chi connectivity index (χ1v) is 10.5. The summed E-state index contributed by atoms with van der Waals surface area (Å²) in [5.41, 5.74) is 1.12. The Labute approximate surface area is 159 Å². The highest BCUT2D eigenvalue weighted by Gasteiger charge is 2.18. The van der Waals surface area contributed by atoms with Crippen molar-refractivity contribution in [2.24, 2.45) is 0 Å². The largest absolute Gasteiger partial charge is 0.272 e. The first-order valence-electron chi connectivity index (χ1n) is 7.79. The highest BCUT2D eigenvalue weighted by molar-refractivity contribution is 7.94. The van der Waals surface area contributed by atoms with Crippen LogP contribution in [0.4, 0.5) is 5.82 Å². The van der Waals surface area contributed by atoms with Crippen molar-refractivity contribution < 1.29 is 8.42 Å². The van der Waals surface area contributed by atoms with Crippen LogP contribution in [-0.4, -0.2) is 18.2 Å². The molecule has 0 saturated heterocycles. The van der Waals surface area contributed by atoms with Gasteiger partial charge in [-0.2, -0.15) is 5.10 Å². The second-order valence-corrected chi connectivity index (χ2v) is 9.33. The number of fused-ring (bicyclic) bond motifs is 1. The lowest BCUT2D eigenvalue weighted by molar-refractivity contribution is 0.602. The van der Waals surface area contributed by atoms with Gasteiger partial charge in [-0.3, -0.25) is 9.40 Å². The predicted octanol–water partition coefficient (Wildman–Crippen LogP) is 4.60. The number of sulfonamides is 1. The number of nitrogens with one attached hydrogen (secondary N) is 1. The molecule has 0 unspecified atom stereocenters. The molecule has 2 aromatic carbocycles. The number of thiophene rings is 1. The van der Waals surface area contributed by atoms with E-state index < -0.39 is 10.0 Å². The van der Waals surface area contributed by atoms with Crippen LogP contribution < -0.4 is 4.72 Å². The van der Waals surface area contributed by atoms with Crippen LogP contribution in [0.15, 0.2) is 71.1 Å². The molecule has 4 rings (SSSR count). The fourth-order valence-corrected chi connectivity index (χ4v) is 5.22. The third-order valence-corrected chi connectivity index (χ3v) is 6.98. The van der Waals surface area contributed by atoms with Gasteiger partial charge < -0.3 is 0 Å². The minimum Gasteiger partial charge on any atom is -0.266 e. The number of anilines is 1. The second kappa shape index (κ2) is 6.75. The van der Waals surface area contributed by atoms with E-state index in [-0.39, 0.29) is 10.0 Å². The van der Waals surface area contributed by atoms with Crippen molar-refractivity contribution >= 4 is 49.6 Å². The number of rotatable bonds is 5. The maximum absolute atomic E-state index is 12.3. The van der Waals surface area contributed by atoms with Gasteiger partial charge in [0.15, 0.2) is 5.82 Å². The van der Waals surface area contributed by atoms with Crippen molar-refractivity contribution in [1.82, 2.24) is 9.78 Å². The first-order chi connectivity index (χ1) is 12.5. The maximum atomic E-state index is 12.3. The van der Waals surface area contributed by atoms with Crippen LogP contribution in [0.3, 0.4) is 0 Å². The van der Waals surface area contributed by atoms with Gasteiger partial charge in [-0.1, -0.05) is 54.1 Å². The Bertz CT molecular complexity index is 1180. The van der Waals surface area contributed by atoms with Gasteiger partial charge in [0, 0.05) is 12.3 Å². The molecule has 0 spiro atoms. The molecule has 26 heavy (non-hydrogen) atoms. The average Bonchev–Trinajstić information content (AvgIpc) is 3.24. The molecule has 0 aliphatic rings. The zero-order chi connectivity index (χ0) is 18.1. The number of benzene rings is 2. The number of hydrogen-bond acceptors (Lipinski definition) is 4. The fourth-order valence-electron chi connectivity index (χ4n) is 2.74. The lowest BCUT2D eigenvalue weighted by atomic mass is 10.0. The van der Waals surface area contributed by atoms with Gasteiger partial charge in [-0.15, -0.1) is 11.3 Å². The number of halogens is 1. The molecule has 0 amide bonds. The Hall–Kier alpha value is -2.35. The van der Waals surface area contributed by atoms with Gasteiger partial charge in [0.2, 0.25) is 0 Å². The molecule has 2 heterocycles. The summed E-state index contributed by atoms with van der Waals surface area (Å²) in [7, 11) is -3.68. The highest BCUT2D eigenvalue weighted by atomic mass is 35.5. The van der Waals surface area contributed by atoms with Gasteiger partial charge in [0.05, 0.1) is 10.9 Å². The molecule has 2 aromatic heterocycles. The quantitative estimate of drug-likeness (QED) is 0.529. The molecule has 5 nitrogen and oxygen atoms in total. The maximum Gasteiger partial charge on any atom is 0.272 e. The van der Waals surface area contributed by atoms with Crippen molar-refractivity contribution in [1.29, 1.82) is 0 Å². The monoisotopic (exact) mass is 403 g/mol. The Balaban J connectivity index is 1.57. The molecule has 0 radical (unpaired) electrons. The summed E-state index contributed by atoms with van der Waals surface area (Å²) < 4.78 is 29.5. The van der Waals surface area contributed by atoms with E-state index in [0.29, 0.717) is 10.9 Å². The molecular formula is C18H14ClN3O2S2. The molecule has 0 fully saturated rings. The van der Waals surface area contributed by atoms with Crippen LogP contribution in [0.5, 0.6) is 0 Å². The van der Waals surface area contributed by atoms with Crippen LogP contribution >= 0.6 is 22.9 Å². The summed E-state index contributed by atoms with van der Waals surface area (Å²) in [6.45, 7) is 0.550. The first kappa shape index (κ1) is 17.1. The molecule has 1 N–H and O–H groups in total. The van der Waals surface area contributed by atoms with E-state index in [2.05, 4.69) is 28.0 Å². The lowest BCUT2D eigenvalue weighted by Crippen LogP contribution is -2.12. The molecule has 0 bridgehead atoms. The summed E-state index contributed by atoms with van der Waals surface area (Å²) in [4.78, 5) is 0. The normalized spacial score (nSPS) is 11.7. The molecule has 0 atom stereocenters. The number of hydrogen-bond donors (Lipinski definition) is 1. The van der Waals surface area contributed by atoms with Crippen molar-refractivity contribution in [2.45, 2.75) is 10.8 Å². The van der Waals surface area contributed by atoms with Crippen LogP contribution in [0.25, 0.3) is 10.8 Å². The van der Waals surface area contributed by atoms with E-state index in [1.165, 1.54) is 6.07 Å². The van der Waals surface area contributed by atoms with Crippen LogP contribution in [0.1, 0.15) is 5.56 Å². The van der Waals surface area contributed by atoms with Gasteiger partial charge in [-0.05, 0) is 28.5 Å². The van der Waals surface area contributed by atoms with E-state index in [0.717, 1.165) is 27.7 Å². The van der Waals surface area contributed by atoms with Crippen molar-refractivity contribution in [3.8, 4) is 0 Å². The van der Waals surface area contributed by atoms with E-state index in [1.807, 2.05) is 24.3 Å². The highest BCUT2D eigenvalue weighted by Crippen LogP contribution is 2.27. The zero-order valence-corrected chi connectivity index (χ0v) is 15.9. The van der Waals surface area contributed by atoms with Gasteiger partial charge in [0.25, 0.3) is 10.0 Å². The molecule has 8 heteroatoms. The van der Waals surface area contributed by atoms with Crippen LogP contribution in [0.2, 0.25) is 4.34 Å². The Morgan fingerprint density at radius 1 is 1.04 bits per heavy atom. The minimum absolute atomic E-state index is 0.158. The van der Waals surface area contributed by atoms with Crippen molar-refractivity contribution in [3.63, 3.8) is 0 Å². The molecule has 0 aliphatic carbocycles. The Morgan fingerprint density at radius 3 is 2.65 bits per heavy atom. The molecule has 4 aromatic rings. The zero-order valence-electron chi connectivity index (χ0n) is 13.5. The number of aromatic nitrogens is 2. The molecular weight excluding hydrogens is 390 g/mol. The van der Waals surface area contributed by atoms with E-state index in [1.54, 1.807) is 23.0 Å². The molecule has 132 valence electrons. The molecule has 0 saturated carbocycles. The smallest absolute Gasteiger partial charge is 0.266 e. The third kappa shape index (κ3) is 3.46. The summed E-state index contributed by atoms with van der Waals surface area (Å²) >= 11 is 6.82. The number of nitrogens with zero attached hydrogens (tertiary/aromatic N) is 2. The van der Waals surface area contributed by atoms with E-state index in [4.69, 9.17) is 11.6 Å². The van der Waals surface area contributed by atoms with Gasteiger partial charge in [-0.25, -0.2) is 8.42 Å². The molecule has 0 aliphatic heterocycles. The predicted molar refractivity (Wildman–Crippen MR) is 105 cm³/mol. The van der Waals surface area contributed by atoms with Gasteiger partial charge >= 0.3 is 0 Å². The Kier molecular flexibility index (Phi) is 4.44. The van der Waals surface area contributed by atoms with Crippen LogP contribution in [-0.2, 0) is 16.6 Å². The third-order valence-electron chi connectivity index (χ3n) is 3.91. The summed E-state index contributed by atoms with van der Waals surface area (Å²) in [5.74, 6) is 0.273. The minimum atomic E-state index is -3.68. The van der Waals surface area contributed by atoms with Crippen molar-refractivity contribution in [2.75, 3.05) is 4.72 Å². The summed E-state index contributed by atoms with van der Waals surface area (Å²) in [6.07, 6.45) is 1.75. The van der Waals surface area contributed by atoms with E-state index in [9.17, 15) is 8.42 Å². The summed E-state index contributed by atoms with van der Waals surface area (Å²) in [6, 6.07) is 18.9. The standard InChI is InChI=1S/C18H14ClN3O2S2/c19-16-8-9-18(25-16)26(23,24)21-17-10-11-22(20-17)12-14-6-3-5-13-4-1-2-7-15(13)14/h1-11H,12H2,(H,20,21). The topological polar surface area (TPSA) is 64.0 Å². The average molecular weight is 404 g/mol. The van der Waals surface area contributed by atoms with Crippen LogP contribution in [0, 0.1) is 0 Å². The Morgan fingerprint density at radius 2 is 1.85 bits per heavy atom. The van der Waals surface area contributed by atoms with Crippen molar-refractivity contribution in [3.05, 3.63) is 76.8 Å². The second-order valence-electron chi connectivity index (χ2n) is 5.70. The van der Waals surface area contributed by atoms with E-state index >= 15 is 0 Å². The SMILES string of the molecule is O=S(=O)(Nc1ccn(Cc2cccc3ccccc23)n1)c1ccc(Cl)s1. The fraction of sp³-hybridized carbons (Fsp3) is 0.0556. The summed E-state index contributed by atoms with van der Waals surface area (Å²) in [5, 5.41) is 6.64.